The topological polar surface area (TPSA) is 142 Å². The maximum Gasteiger partial charge on any atom is 0.407 e. The van der Waals surface area contributed by atoms with Crippen LogP contribution in [0.3, 0.4) is 0 Å². The van der Waals surface area contributed by atoms with Crippen molar-refractivity contribution in [3.63, 3.8) is 0 Å². The highest BCUT2D eigenvalue weighted by Gasteiger charge is 2.37. The smallest absolute Gasteiger partial charge is 0.407 e. The number of esters is 1. The van der Waals surface area contributed by atoms with E-state index in [2.05, 4.69) is 53.6 Å². The number of benzene rings is 3. The van der Waals surface area contributed by atoms with Gasteiger partial charge >= 0.3 is 17.8 Å². The van der Waals surface area contributed by atoms with Crippen molar-refractivity contribution >= 4 is 23.2 Å². The fraction of sp³-hybridized carbons (Fsp3) is 0.381. The Labute approximate surface area is 307 Å². The lowest BCUT2D eigenvalue weighted by atomic mass is 9.98. The van der Waals surface area contributed by atoms with Crippen LogP contribution in [0.1, 0.15) is 74.8 Å². The summed E-state index contributed by atoms with van der Waals surface area (Å²) in [5.41, 5.74) is 6.29. The number of nitrogens with one attached hydrogen (secondary N) is 1. The van der Waals surface area contributed by atoms with Gasteiger partial charge in [0.25, 0.3) is 0 Å². The monoisotopic (exact) mass is 719 g/mol. The fourth-order valence-electron chi connectivity index (χ4n) is 7.26. The number of amides is 1. The van der Waals surface area contributed by atoms with E-state index in [4.69, 9.17) is 18.6 Å². The van der Waals surface area contributed by atoms with Crippen molar-refractivity contribution in [3.05, 3.63) is 112 Å². The first-order chi connectivity index (χ1) is 25.8. The third-order valence-electron chi connectivity index (χ3n) is 10.3. The van der Waals surface area contributed by atoms with Crippen LogP contribution in [-0.2, 0) is 25.4 Å². The van der Waals surface area contributed by atoms with Crippen LogP contribution in [0.5, 0.6) is 0 Å². The van der Waals surface area contributed by atoms with Gasteiger partial charge in [0.2, 0.25) is 5.71 Å². The number of aliphatic hydroxyl groups excluding tert-OH is 1. The number of aromatic nitrogens is 2. The van der Waals surface area contributed by atoms with E-state index in [1.807, 2.05) is 49.4 Å². The van der Waals surface area contributed by atoms with Crippen molar-refractivity contribution < 1.29 is 33.3 Å². The number of rotatable bonds is 14. The summed E-state index contributed by atoms with van der Waals surface area (Å²) in [4.78, 5) is 42.9. The van der Waals surface area contributed by atoms with Gasteiger partial charge < -0.3 is 29.1 Å². The molecule has 276 valence electrons. The average Bonchev–Trinajstić information content (AvgIpc) is 3.86. The van der Waals surface area contributed by atoms with Crippen LogP contribution >= 0.6 is 0 Å². The summed E-state index contributed by atoms with van der Waals surface area (Å²) in [7, 11) is 0. The zero-order valence-electron chi connectivity index (χ0n) is 30.0. The molecule has 0 radical (unpaired) electrons. The summed E-state index contributed by atoms with van der Waals surface area (Å²) in [5.74, 6) is -0.645. The molecular weight excluding hydrogens is 674 g/mol. The first kappa shape index (κ1) is 36.1. The van der Waals surface area contributed by atoms with Gasteiger partial charge in [0.1, 0.15) is 31.3 Å². The number of furan rings is 1. The van der Waals surface area contributed by atoms with Crippen LogP contribution in [0, 0.1) is 5.92 Å². The van der Waals surface area contributed by atoms with Crippen LogP contribution < -0.4 is 11.0 Å². The van der Waals surface area contributed by atoms with Crippen LogP contribution in [-0.4, -0.2) is 58.7 Å². The van der Waals surface area contributed by atoms with Crippen molar-refractivity contribution in [3.8, 4) is 22.5 Å². The number of ether oxygens (including phenoxy) is 3. The van der Waals surface area contributed by atoms with E-state index >= 15 is 0 Å². The Morgan fingerprint density at radius 2 is 1.68 bits per heavy atom. The molecule has 5 aromatic rings. The van der Waals surface area contributed by atoms with Gasteiger partial charge in [-0.15, -0.1) is 0 Å². The highest BCUT2D eigenvalue weighted by molar-refractivity contribution is 5.80. The molecule has 0 unspecified atom stereocenters. The number of aryl methyl sites for hydroxylation is 1. The highest BCUT2D eigenvalue weighted by atomic mass is 16.6. The zero-order valence-corrected chi connectivity index (χ0v) is 30.0. The van der Waals surface area contributed by atoms with Crippen LogP contribution in [0.25, 0.3) is 33.6 Å². The molecule has 1 amide bonds. The highest BCUT2D eigenvalue weighted by Crippen LogP contribution is 2.44. The number of alkyl carbamates (subject to hydrolysis) is 1. The molecule has 1 aliphatic carbocycles. The molecule has 11 heteroatoms. The van der Waals surface area contributed by atoms with Crippen LogP contribution in [0.2, 0.25) is 0 Å². The lowest BCUT2D eigenvalue weighted by Crippen LogP contribution is -2.36. The predicted octanol–water partition coefficient (Wildman–Crippen LogP) is 7.15. The number of carbonyl (C=O) groups is 2. The van der Waals surface area contributed by atoms with Crippen LogP contribution in [0.15, 0.2) is 94.3 Å². The van der Waals surface area contributed by atoms with Gasteiger partial charge in [-0.25, -0.2) is 9.59 Å². The van der Waals surface area contributed by atoms with E-state index in [1.165, 1.54) is 23.0 Å². The Balaban J connectivity index is 0.903. The summed E-state index contributed by atoms with van der Waals surface area (Å²) in [6.45, 7) is 3.99. The lowest BCUT2D eigenvalue weighted by Gasteiger charge is -2.19. The second-order valence-electron chi connectivity index (χ2n) is 13.8. The zero-order chi connectivity index (χ0) is 36.9. The quantitative estimate of drug-likeness (QED) is 0.0904. The number of unbranched alkanes of at least 4 members (excludes halogenated alkanes) is 2. The first-order valence-corrected chi connectivity index (χ1v) is 18.5. The second kappa shape index (κ2) is 16.2. The minimum atomic E-state index is -0.981. The second-order valence-corrected chi connectivity index (χ2v) is 13.8. The van der Waals surface area contributed by atoms with E-state index in [0.29, 0.717) is 17.6 Å². The maximum absolute atomic E-state index is 13.0. The third kappa shape index (κ3) is 7.91. The van der Waals surface area contributed by atoms with Gasteiger partial charge in [-0.3, -0.25) is 9.36 Å². The lowest BCUT2D eigenvalue weighted by molar-refractivity contribution is -0.154. The van der Waals surface area contributed by atoms with Gasteiger partial charge in [0.15, 0.2) is 0 Å². The Bertz CT molecular complexity index is 2080. The standard InChI is InChI=1S/C42H45N3O8/c1-3-5-6-11-26-16-18-28(19-17-26)36-20-29-23-45(41(48)44-39(29)53-36)38-21-35(46)37(52-38)25-50-40(47)27(4-2)22-43-42(49)51-24-34-32-14-9-7-12-30(32)31-13-8-10-15-33(31)34/h7-10,12-20,23,27,34-35,37-38,46H,3-6,11,21-22,24-25H2,1-2H3,(H,43,49)/t27-,35-,37+,38+/m0/s1. The van der Waals surface area contributed by atoms with Crippen molar-refractivity contribution in [2.24, 2.45) is 5.92 Å². The molecule has 1 fully saturated rings. The summed E-state index contributed by atoms with van der Waals surface area (Å²) in [6.07, 6.45) is 3.44. The molecule has 3 aromatic carbocycles. The molecule has 1 aliphatic heterocycles. The molecule has 0 spiro atoms. The molecule has 4 atom stereocenters. The third-order valence-corrected chi connectivity index (χ3v) is 10.3. The molecule has 3 heterocycles. The minimum Gasteiger partial charge on any atom is -0.463 e. The predicted molar refractivity (Wildman–Crippen MR) is 199 cm³/mol. The fourth-order valence-corrected chi connectivity index (χ4v) is 7.26. The molecule has 0 saturated carbocycles. The summed E-state index contributed by atoms with van der Waals surface area (Å²) in [5, 5.41) is 14.1. The number of carbonyl (C=O) groups excluding carboxylic acids is 2. The van der Waals surface area contributed by atoms with Crippen molar-refractivity contribution in [1.29, 1.82) is 0 Å². The van der Waals surface area contributed by atoms with E-state index < -0.39 is 42.1 Å². The summed E-state index contributed by atoms with van der Waals surface area (Å²) < 4.78 is 24.4. The Morgan fingerprint density at radius 1 is 0.962 bits per heavy atom. The average molecular weight is 720 g/mol. The number of aliphatic hydroxyl groups is 1. The maximum atomic E-state index is 13.0. The van der Waals surface area contributed by atoms with Gasteiger partial charge in [0.05, 0.1) is 17.4 Å². The Hall–Kier alpha value is -5.26. The molecule has 2 N–H and O–H groups in total. The molecule has 1 saturated heterocycles. The van der Waals surface area contributed by atoms with Gasteiger partial charge in [-0.05, 0) is 53.1 Å². The number of hydrogen-bond donors (Lipinski definition) is 2. The molecule has 2 aromatic heterocycles. The number of fused-ring (bicyclic) bond motifs is 4. The first-order valence-electron chi connectivity index (χ1n) is 18.5. The van der Waals surface area contributed by atoms with E-state index in [-0.39, 0.29) is 37.8 Å². The normalized spacial score (nSPS) is 18.4. The summed E-state index contributed by atoms with van der Waals surface area (Å²) in [6, 6.07) is 26.2. The van der Waals surface area contributed by atoms with E-state index in [9.17, 15) is 19.5 Å². The molecule has 2 aliphatic rings. The Morgan fingerprint density at radius 3 is 2.38 bits per heavy atom. The molecular formula is C42H45N3O8. The van der Waals surface area contributed by atoms with Crippen molar-refractivity contribution in [1.82, 2.24) is 14.9 Å². The van der Waals surface area contributed by atoms with E-state index in [1.54, 1.807) is 6.20 Å². The van der Waals surface area contributed by atoms with Crippen LogP contribution in [0.4, 0.5) is 4.79 Å². The molecule has 7 rings (SSSR count). The molecule has 53 heavy (non-hydrogen) atoms. The van der Waals surface area contributed by atoms with Crippen molar-refractivity contribution in [2.75, 3.05) is 19.8 Å². The number of nitrogens with zero attached hydrogens (tertiary/aromatic N) is 2. The molecule has 11 nitrogen and oxygen atoms in total. The van der Waals surface area contributed by atoms with Gasteiger partial charge in [-0.1, -0.05) is 99.5 Å². The SMILES string of the molecule is CCCCCc1ccc(-c2cc3cn([C@H]4C[C@H](O)[C@@H](COC(=O)[C@@H](CC)CNC(=O)OCC5c6ccccc6-c6ccccc65)O4)c(=O)nc3o2)cc1. The molecule has 0 bridgehead atoms. The number of hydrogen-bond acceptors (Lipinski definition) is 9. The minimum absolute atomic E-state index is 0.0274. The summed E-state index contributed by atoms with van der Waals surface area (Å²) >= 11 is 0. The van der Waals surface area contributed by atoms with Gasteiger partial charge in [-0.2, -0.15) is 4.98 Å². The van der Waals surface area contributed by atoms with Gasteiger partial charge in [0, 0.05) is 30.6 Å². The van der Waals surface area contributed by atoms with E-state index in [0.717, 1.165) is 40.7 Å². The van der Waals surface area contributed by atoms with Crippen molar-refractivity contribution in [2.45, 2.75) is 76.7 Å². The largest absolute Gasteiger partial charge is 0.463 e. The Kier molecular flexibility index (Phi) is 11.0.